The summed E-state index contributed by atoms with van der Waals surface area (Å²) in [6.45, 7) is 4.05. The maximum absolute atomic E-state index is 12.0. The Morgan fingerprint density at radius 3 is 2.65 bits per heavy atom. The number of nitrogens with one attached hydrogen (secondary N) is 1. The monoisotopic (exact) mass is 292 g/mol. The summed E-state index contributed by atoms with van der Waals surface area (Å²) in [5.74, 6) is -0.203. The van der Waals surface area contributed by atoms with E-state index in [9.17, 15) is 9.59 Å². The van der Waals surface area contributed by atoms with Gasteiger partial charge >= 0.3 is 0 Å². The number of hydrogen-bond acceptors (Lipinski definition) is 3. The Bertz CT molecular complexity index is 579. The normalized spacial score (nSPS) is 19.9. The number of nitrogens with zero attached hydrogens (tertiary/aromatic N) is 1. The summed E-state index contributed by atoms with van der Waals surface area (Å²) >= 11 is 5.95. The van der Waals surface area contributed by atoms with Gasteiger partial charge in [-0.2, -0.15) is 5.10 Å². The van der Waals surface area contributed by atoms with Gasteiger partial charge in [0.1, 0.15) is 5.78 Å². The molecule has 0 atom stereocenters. The van der Waals surface area contributed by atoms with Crippen molar-refractivity contribution in [3.63, 3.8) is 0 Å². The van der Waals surface area contributed by atoms with Crippen LogP contribution >= 0.6 is 11.6 Å². The third-order valence-corrected chi connectivity index (χ3v) is 3.52. The largest absolute Gasteiger partial charge is 0.299 e. The fourth-order valence-corrected chi connectivity index (χ4v) is 2.64. The van der Waals surface area contributed by atoms with Gasteiger partial charge in [0.15, 0.2) is 0 Å². The second kappa shape index (κ2) is 5.75. The van der Waals surface area contributed by atoms with Crippen LogP contribution in [0.5, 0.6) is 0 Å². The van der Waals surface area contributed by atoms with Gasteiger partial charge in [0.25, 0.3) is 5.91 Å². The van der Waals surface area contributed by atoms with E-state index >= 15 is 0 Å². The van der Waals surface area contributed by atoms with E-state index in [2.05, 4.69) is 10.5 Å². The molecule has 0 radical (unpaired) electrons. The van der Waals surface area contributed by atoms with E-state index in [1.165, 1.54) is 0 Å². The first-order valence-electron chi connectivity index (χ1n) is 6.49. The van der Waals surface area contributed by atoms with Gasteiger partial charge in [-0.3, -0.25) is 9.59 Å². The predicted octanol–water partition coefficient (Wildman–Crippen LogP) is 3.21. The standard InChI is InChI=1S/C15H17ClN2O2/c1-15(2)8-10(7-11(19)9-15)17-18-14(20)12-5-3-4-6-13(12)16/h3-6H,7-9H2,1-2H3,(H,18,20)/b17-10+. The highest BCUT2D eigenvalue weighted by Crippen LogP contribution is 2.31. The van der Waals surface area contributed by atoms with Crippen molar-refractivity contribution < 1.29 is 9.59 Å². The smallest absolute Gasteiger partial charge is 0.272 e. The van der Waals surface area contributed by atoms with Crippen molar-refractivity contribution in [2.75, 3.05) is 0 Å². The molecule has 0 aromatic heterocycles. The number of Topliss-reactive ketones (excluding diaryl/α,β-unsaturated/α-hetero) is 1. The highest BCUT2D eigenvalue weighted by atomic mass is 35.5. The number of benzene rings is 1. The van der Waals surface area contributed by atoms with Crippen molar-refractivity contribution in [1.82, 2.24) is 5.43 Å². The minimum atomic E-state index is -0.362. The summed E-state index contributed by atoms with van der Waals surface area (Å²) in [4.78, 5) is 23.6. The Hall–Kier alpha value is -1.68. The predicted molar refractivity (Wildman–Crippen MR) is 79.0 cm³/mol. The zero-order valence-electron chi connectivity index (χ0n) is 11.6. The summed E-state index contributed by atoms with van der Waals surface area (Å²) < 4.78 is 0. The summed E-state index contributed by atoms with van der Waals surface area (Å²) in [5.41, 5.74) is 3.48. The van der Waals surface area contributed by atoms with Crippen LogP contribution in [-0.4, -0.2) is 17.4 Å². The molecule has 0 aliphatic heterocycles. The summed E-state index contributed by atoms with van der Waals surface area (Å²) in [6, 6.07) is 6.78. The fraction of sp³-hybridized carbons (Fsp3) is 0.400. The molecule has 0 bridgehead atoms. The van der Waals surface area contributed by atoms with Crippen molar-refractivity contribution in [2.24, 2.45) is 10.5 Å². The molecular weight excluding hydrogens is 276 g/mol. The lowest BCUT2D eigenvalue weighted by Gasteiger charge is -2.29. The van der Waals surface area contributed by atoms with Gasteiger partial charge in [-0.15, -0.1) is 0 Å². The SMILES string of the molecule is CC1(C)CC(=O)C/C(=N\NC(=O)c2ccccc2Cl)C1. The molecule has 1 fully saturated rings. The van der Waals surface area contributed by atoms with Gasteiger partial charge in [0.2, 0.25) is 0 Å². The van der Waals surface area contributed by atoms with Crippen LogP contribution in [0.3, 0.4) is 0 Å². The number of rotatable bonds is 2. The molecule has 1 N–H and O–H groups in total. The number of carbonyl (C=O) groups excluding carboxylic acids is 2. The number of halogens is 1. The van der Waals surface area contributed by atoms with Crippen molar-refractivity contribution in [3.05, 3.63) is 34.9 Å². The lowest BCUT2D eigenvalue weighted by Crippen LogP contribution is -2.31. The molecule has 4 nitrogen and oxygen atoms in total. The quantitative estimate of drug-likeness (QED) is 0.851. The van der Waals surface area contributed by atoms with E-state index in [0.717, 1.165) is 0 Å². The van der Waals surface area contributed by atoms with Crippen molar-refractivity contribution in [2.45, 2.75) is 33.1 Å². The number of hydrazone groups is 1. The van der Waals surface area contributed by atoms with Crippen LogP contribution in [0.2, 0.25) is 5.02 Å². The molecule has 1 aliphatic rings. The zero-order chi connectivity index (χ0) is 14.8. The van der Waals surface area contributed by atoms with E-state index in [1.54, 1.807) is 24.3 Å². The highest BCUT2D eigenvalue weighted by Gasteiger charge is 2.30. The molecule has 1 amide bonds. The summed E-state index contributed by atoms with van der Waals surface area (Å²) in [6.07, 6.45) is 1.58. The van der Waals surface area contributed by atoms with E-state index in [0.29, 0.717) is 35.6 Å². The average molecular weight is 293 g/mol. The molecule has 1 aliphatic carbocycles. The lowest BCUT2D eigenvalue weighted by molar-refractivity contribution is -0.120. The first-order chi connectivity index (χ1) is 9.37. The molecule has 5 heteroatoms. The second-order valence-electron chi connectivity index (χ2n) is 5.83. The number of ketones is 1. The minimum Gasteiger partial charge on any atom is -0.299 e. The Balaban J connectivity index is 2.08. The molecule has 106 valence electrons. The van der Waals surface area contributed by atoms with Gasteiger partial charge in [-0.1, -0.05) is 37.6 Å². The fourth-order valence-electron chi connectivity index (χ4n) is 2.42. The van der Waals surface area contributed by atoms with E-state index in [-0.39, 0.29) is 17.1 Å². The van der Waals surface area contributed by atoms with Gasteiger partial charge in [0.05, 0.1) is 10.6 Å². The summed E-state index contributed by atoms with van der Waals surface area (Å²) in [5, 5.41) is 4.46. The van der Waals surface area contributed by atoms with Crippen LogP contribution in [0, 0.1) is 5.41 Å². The molecule has 0 heterocycles. The van der Waals surface area contributed by atoms with Crippen LogP contribution in [0.25, 0.3) is 0 Å². The molecular formula is C15H17ClN2O2. The zero-order valence-corrected chi connectivity index (χ0v) is 12.3. The van der Waals surface area contributed by atoms with E-state index in [4.69, 9.17) is 11.6 Å². The van der Waals surface area contributed by atoms with Crippen LogP contribution in [0.4, 0.5) is 0 Å². The third kappa shape index (κ3) is 3.67. The van der Waals surface area contributed by atoms with Crippen LogP contribution in [0.15, 0.2) is 29.4 Å². The van der Waals surface area contributed by atoms with Crippen LogP contribution in [-0.2, 0) is 4.79 Å². The Kier molecular flexibility index (Phi) is 4.23. The first-order valence-corrected chi connectivity index (χ1v) is 6.87. The topological polar surface area (TPSA) is 58.5 Å². The van der Waals surface area contributed by atoms with Crippen LogP contribution in [0.1, 0.15) is 43.5 Å². The first kappa shape index (κ1) is 14.7. The molecule has 2 rings (SSSR count). The Morgan fingerprint density at radius 1 is 1.30 bits per heavy atom. The summed E-state index contributed by atoms with van der Waals surface area (Å²) in [7, 11) is 0. The van der Waals surface area contributed by atoms with E-state index in [1.807, 2.05) is 13.8 Å². The number of amides is 1. The van der Waals surface area contributed by atoms with Gasteiger partial charge in [-0.25, -0.2) is 5.43 Å². The molecule has 0 saturated heterocycles. The molecule has 1 saturated carbocycles. The average Bonchev–Trinajstić information content (AvgIpc) is 2.34. The Labute approximate surface area is 123 Å². The molecule has 20 heavy (non-hydrogen) atoms. The molecule has 0 spiro atoms. The van der Waals surface area contributed by atoms with Gasteiger partial charge in [-0.05, 0) is 24.0 Å². The Morgan fingerprint density at radius 2 is 2.00 bits per heavy atom. The molecule has 0 unspecified atom stereocenters. The number of carbonyl (C=O) groups is 2. The van der Waals surface area contributed by atoms with Crippen molar-refractivity contribution in [1.29, 1.82) is 0 Å². The third-order valence-electron chi connectivity index (χ3n) is 3.19. The maximum Gasteiger partial charge on any atom is 0.272 e. The maximum atomic E-state index is 12.0. The van der Waals surface area contributed by atoms with Gasteiger partial charge < -0.3 is 0 Å². The lowest BCUT2D eigenvalue weighted by atomic mass is 9.76. The van der Waals surface area contributed by atoms with Gasteiger partial charge in [0, 0.05) is 18.6 Å². The van der Waals surface area contributed by atoms with E-state index < -0.39 is 0 Å². The molecule has 1 aromatic carbocycles. The second-order valence-corrected chi connectivity index (χ2v) is 6.24. The van der Waals surface area contributed by atoms with Crippen molar-refractivity contribution in [3.8, 4) is 0 Å². The molecule has 1 aromatic rings. The number of hydrogen-bond donors (Lipinski definition) is 1. The van der Waals surface area contributed by atoms with Crippen LogP contribution < -0.4 is 5.43 Å². The van der Waals surface area contributed by atoms with Crippen molar-refractivity contribution >= 4 is 29.0 Å². The minimum absolute atomic E-state index is 0.0940. The highest BCUT2D eigenvalue weighted by molar-refractivity contribution is 6.33.